The van der Waals surface area contributed by atoms with Crippen molar-refractivity contribution in [2.75, 3.05) is 5.12 Å². The topological polar surface area (TPSA) is 39.7 Å². The second kappa shape index (κ2) is 2.94. The maximum absolute atomic E-state index is 7.52. The number of hydrogen-bond donors (Lipinski definition) is 3. The summed E-state index contributed by atoms with van der Waals surface area (Å²) in [5, 5.41) is 5.55. The maximum Gasteiger partial charge on any atom is 0.199 e. The minimum atomic E-state index is 0.309. The third-order valence-electron chi connectivity index (χ3n) is 1.43. The van der Waals surface area contributed by atoms with Gasteiger partial charge in [-0.3, -0.25) is 5.42 Å². The van der Waals surface area contributed by atoms with Crippen LogP contribution in [-0.2, 0) is 0 Å². The van der Waals surface area contributed by atoms with Gasteiger partial charge in [0.15, 0.2) is 6.58 Å². The summed E-state index contributed by atoms with van der Waals surface area (Å²) in [5.74, 6) is 0. The minimum absolute atomic E-state index is 0.309. The molecule has 0 saturated heterocycles. The zero-order valence-corrected chi connectivity index (χ0v) is 7.07. The van der Waals surface area contributed by atoms with E-state index in [1.165, 1.54) is 5.12 Å². The summed E-state index contributed by atoms with van der Waals surface area (Å²) in [5.41, 5.74) is 4.56. The number of anilines is 1. The van der Waals surface area contributed by atoms with E-state index in [9.17, 15) is 0 Å². The summed E-state index contributed by atoms with van der Waals surface area (Å²) in [6, 6.07) is 9.44. The van der Waals surface area contributed by atoms with Crippen LogP contribution in [0.15, 0.2) is 35.4 Å². The van der Waals surface area contributed by atoms with E-state index in [1.54, 1.807) is 0 Å². The Labute approximate surface area is 77.1 Å². The monoisotopic (exact) mass is 181 g/mol. The van der Waals surface area contributed by atoms with E-state index in [0.717, 1.165) is 11.1 Å². The molecule has 0 unspecified atom stereocenters. The minimum Gasteiger partial charge on any atom is -0.254 e. The van der Waals surface area contributed by atoms with Gasteiger partial charge in [-0.15, -0.1) is 17.7 Å². The van der Waals surface area contributed by atoms with Gasteiger partial charge in [-0.2, -0.15) is 10.7 Å². The van der Waals surface area contributed by atoms with Crippen molar-refractivity contribution >= 4 is 23.5 Å². The molecule has 2 N–H and O–H groups in total. The van der Waals surface area contributed by atoms with Crippen LogP contribution in [-0.4, -0.2) is 5.17 Å². The molecule has 4 nitrogen and oxygen atoms in total. The van der Waals surface area contributed by atoms with E-state index in [1.807, 2.05) is 30.3 Å². The first kappa shape index (κ1) is 6.19. The molecule has 0 amide bonds. The van der Waals surface area contributed by atoms with Crippen molar-refractivity contribution < 1.29 is 1.41 Å². The first-order valence-corrected chi connectivity index (χ1v) is 3.90. The number of hydrazone groups is 1. The Bertz CT molecular complexity index is 329. The Hall–Kier alpha value is -1.36. The van der Waals surface area contributed by atoms with E-state index in [-0.39, 0.29) is 0 Å². The number of hydrogen-bond acceptors (Lipinski definition) is 4. The summed E-state index contributed by atoms with van der Waals surface area (Å²) >= 11 is 3.98. The summed E-state index contributed by atoms with van der Waals surface area (Å²) in [6.45, 7) is 0. The number of nitrogens with one attached hydrogen (secondary N) is 2. The van der Waals surface area contributed by atoms with Gasteiger partial charge in [0.1, 0.15) is 0 Å². The smallest absolute Gasteiger partial charge is 0.199 e. The highest BCUT2D eigenvalue weighted by Gasteiger charge is 2.10. The molecule has 1 aliphatic heterocycles. The zero-order valence-electron chi connectivity index (χ0n) is 7.18. The van der Waals surface area contributed by atoms with E-state index in [4.69, 9.17) is 1.41 Å². The molecule has 0 radical (unpaired) electrons. The van der Waals surface area contributed by atoms with Crippen molar-refractivity contribution in [1.29, 1.82) is 0 Å². The highest BCUT2D eigenvalue weighted by atomic mass is 32.1. The SMILES string of the molecule is [2H]N1C(S)=NNN1c1ccccc1. The molecular weight excluding hydrogens is 172 g/mol. The van der Waals surface area contributed by atoms with Crippen molar-refractivity contribution in [1.82, 2.24) is 11.0 Å². The number of rotatable bonds is 1. The first-order chi connectivity index (χ1) is 6.29. The average molecular weight is 181 g/mol. The van der Waals surface area contributed by atoms with Crippen LogP contribution in [0.5, 0.6) is 0 Å². The Balaban J connectivity index is 2.22. The molecule has 0 saturated carbocycles. The normalized spacial score (nSPS) is 17.1. The fourth-order valence-electron chi connectivity index (χ4n) is 0.911. The Morgan fingerprint density at radius 1 is 1.42 bits per heavy atom. The Kier molecular flexibility index (Phi) is 1.52. The van der Waals surface area contributed by atoms with Gasteiger partial charge in [-0.05, 0) is 12.1 Å². The predicted molar refractivity (Wildman–Crippen MR) is 51.6 cm³/mol. The van der Waals surface area contributed by atoms with Crippen LogP contribution in [0.1, 0.15) is 0 Å². The number of hydrazine groups is 2. The lowest BCUT2D eigenvalue weighted by molar-refractivity contribution is 0.685. The summed E-state index contributed by atoms with van der Waals surface area (Å²) in [6.07, 6.45) is 0. The molecule has 1 aromatic rings. The first-order valence-electron chi connectivity index (χ1n) is 3.90. The van der Waals surface area contributed by atoms with Gasteiger partial charge in [0.2, 0.25) is 0 Å². The predicted octanol–water partition coefficient (Wildman–Crippen LogP) is 0.717. The quantitative estimate of drug-likeness (QED) is 0.559. The number of para-hydroxylation sites is 1. The largest absolute Gasteiger partial charge is 0.254 e. The Morgan fingerprint density at radius 3 is 2.75 bits per heavy atom. The van der Waals surface area contributed by atoms with Gasteiger partial charge in [-0.25, -0.2) is 0 Å². The summed E-state index contributed by atoms with van der Waals surface area (Å²) < 4.78 is 7.52. The van der Waals surface area contributed by atoms with Gasteiger partial charge in [-0.1, -0.05) is 18.2 Å². The van der Waals surface area contributed by atoms with Crippen LogP contribution < -0.4 is 16.1 Å². The second-order valence-corrected chi connectivity index (χ2v) is 2.66. The molecule has 2 rings (SSSR count). The number of nitrogens with zero attached hydrogens (tertiary/aromatic N) is 2. The van der Waals surface area contributed by atoms with Crippen LogP contribution in [0.3, 0.4) is 0 Å². The number of thiol groups is 1. The van der Waals surface area contributed by atoms with Crippen molar-refractivity contribution in [2.24, 2.45) is 5.10 Å². The highest BCUT2D eigenvalue weighted by molar-refractivity contribution is 7.96. The zero-order chi connectivity index (χ0) is 9.26. The molecule has 0 bridgehead atoms. The molecule has 0 fully saturated rings. The van der Waals surface area contributed by atoms with Crippen LogP contribution in [0.4, 0.5) is 5.69 Å². The highest BCUT2D eigenvalue weighted by Crippen LogP contribution is 2.10. The lowest BCUT2D eigenvalue weighted by Gasteiger charge is -2.16. The average Bonchev–Trinajstić information content (AvgIpc) is 2.49. The van der Waals surface area contributed by atoms with Gasteiger partial charge in [0, 0.05) is 0 Å². The van der Waals surface area contributed by atoms with Crippen LogP contribution >= 0.6 is 12.6 Å². The molecule has 0 aliphatic carbocycles. The lowest BCUT2D eigenvalue weighted by Crippen LogP contribution is -2.40. The molecule has 1 aromatic carbocycles. The van der Waals surface area contributed by atoms with Crippen LogP contribution in [0.2, 0.25) is 1.41 Å². The molecule has 0 aromatic heterocycles. The van der Waals surface area contributed by atoms with Crippen molar-refractivity contribution in [3.05, 3.63) is 30.3 Å². The van der Waals surface area contributed by atoms with Gasteiger partial charge in [0.05, 0.1) is 5.69 Å². The second-order valence-electron chi connectivity index (χ2n) is 2.26. The third kappa shape index (κ3) is 1.31. The van der Waals surface area contributed by atoms with E-state index < -0.39 is 0 Å². The molecule has 0 atom stereocenters. The van der Waals surface area contributed by atoms with Gasteiger partial charge < -0.3 is 0 Å². The van der Waals surface area contributed by atoms with Crippen molar-refractivity contribution in [3.8, 4) is 0 Å². The fraction of sp³-hybridized carbons (Fsp3) is 0. The molecule has 62 valence electrons. The fourth-order valence-corrected chi connectivity index (χ4v) is 1.05. The third-order valence-corrected chi connectivity index (χ3v) is 1.62. The number of amidine groups is 1. The van der Waals surface area contributed by atoms with E-state index in [0.29, 0.717) is 5.17 Å². The summed E-state index contributed by atoms with van der Waals surface area (Å²) in [4.78, 5) is 0. The van der Waals surface area contributed by atoms with Gasteiger partial charge >= 0.3 is 0 Å². The van der Waals surface area contributed by atoms with Crippen LogP contribution in [0, 0.1) is 0 Å². The molecule has 1 heterocycles. The molecule has 0 spiro atoms. The van der Waals surface area contributed by atoms with Crippen LogP contribution in [0.25, 0.3) is 0 Å². The van der Waals surface area contributed by atoms with E-state index >= 15 is 0 Å². The summed E-state index contributed by atoms with van der Waals surface area (Å²) in [7, 11) is 0. The molecular formula is C7H8N4S. The van der Waals surface area contributed by atoms with E-state index in [2.05, 4.69) is 23.3 Å². The number of benzene rings is 1. The molecule has 12 heavy (non-hydrogen) atoms. The lowest BCUT2D eigenvalue weighted by atomic mass is 10.3. The maximum atomic E-state index is 7.52. The standard InChI is InChI=1S/C7H8N4S/c12-7-8-10-11(9-7)6-4-2-1-3-5-6/h1-5,10H,(H2,8,9,12)/i/hD. The Morgan fingerprint density at radius 2 is 2.17 bits per heavy atom. The van der Waals surface area contributed by atoms with Gasteiger partial charge in [0.25, 0.3) is 0 Å². The van der Waals surface area contributed by atoms with Crippen molar-refractivity contribution in [3.63, 3.8) is 0 Å². The molecule has 1 aliphatic rings. The molecule has 5 heteroatoms. The van der Waals surface area contributed by atoms with Crippen molar-refractivity contribution in [2.45, 2.75) is 0 Å².